The maximum absolute atomic E-state index is 12.7. The molecule has 1 aliphatic carbocycles. The van der Waals surface area contributed by atoms with E-state index in [4.69, 9.17) is 4.74 Å². The summed E-state index contributed by atoms with van der Waals surface area (Å²) >= 11 is 0. The molecule has 1 saturated heterocycles. The number of aliphatic carboxylic acids is 1. The van der Waals surface area contributed by atoms with E-state index in [0.717, 1.165) is 39.7 Å². The first-order valence-corrected chi connectivity index (χ1v) is 10.9. The van der Waals surface area contributed by atoms with Crippen molar-refractivity contribution in [2.24, 2.45) is 5.41 Å². The molecule has 2 aromatic carbocycles. The number of ether oxygens (including phenoxy) is 1. The molecule has 6 heteroatoms. The highest BCUT2D eigenvalue weighted by Crippen LogP contribution is 2.44. The first-order valence-electron chi connectivity index (χ1n) is 10.9. The number of fused-ring (bicyclic) bond motifs is 3. The van der Waals surface area contributed by atoms with Crippen LogP contribution in [0.2, 0.25) is 0 Å². The first-order chi connectivity index (χ1) is 14.8. The minimum absolute atomic E-state index is 0.0522. The SMILES string of the molecule is CC[C@@]1([C@@H](NC(=O)OCC2c3ccccc3-c3ccccc32)C(=O)O)CC[N+](C)(C)C1. The van der Waals surface area contributed by atoms with E-state index >= 15 is 0 Å². The van der Waals surface area contributed by atoms with Crippen molar-refractivity contribution in [1.29, 1.82) is 0 Å². The molecule has 2 atom stereocenters. The van der Waals surface area contributed by atoms with Gasteiger partial charge in [-0.3, -0.25) is 0 Å². The molecule has 2 aromatic rings. The van der Waals surface area contributed by atoms with Gasteiger partial charge in [-0.15, -0.1) is 0 Å². The highest BCUT2D eigenvalue weighted by molar-refractivity contribution is 5.81. The van der Waals surface area contributed by atoms with Crippen molar-refractivity contribution in [1.82, 2.24) is 5.32 Å². The second-order valence-corrected chi connectivity index (χ2v) is 9.52. The number of amides is 1. The minimum Gasteiger partial charge on any atom is -0.480 e. The Morgan fingerprint density at radius 2 is 1.71 bits per heavy atom. The van der Waals surface area contributed by atoms with Gasteiger partial charge in [-0.05, 0) is 28.7 Å². The quantitative estimate of drug-likeness (QED) is 0.692. The van der Waals surface area contributed by atoms with Crippen LogP contribution in [0.15, 0.2) is 48.5 Å². The molecule has 0 radical (unpaired) electrons. The lowest BCUT2D eigenvalue weighted by molar-refractivity contribution is -0.881. The van der Waals surface area contributed by atoms with Crippen molar-refractivity contribution in [2.75, 3.05) is 33.8 Å². The fraction of sp³-hybridized carbons (Fsp3) is 0.440. The molecule has 2 N–H and O–H groups in total. The van der Waals surface area contributed by atoms with E-state index in [0.29, 0.717) is 13.0 Å². The van der Waals surface area contributed by atoms with E-state index in [1.807, 2.05) is 31.2 Å². The van der Waals surface area contributed by atoms with E-state index in [1.54, 1.807) is 0 Å². The molecule has 31 heavy (non-hydrogen) atoms. The molecule has 164 valence electrons. The van der Waals surface area contributed by atoms with Crippen LogP contribution in [0.25, 0.3) is 11.1 Å². The van der Waals surface area contributed by atoms with Crippen molar-refractivity contribution < 1.29 is 23.9 Å². The molecule has 1 aliphatic heterocycles. The highest BCUT2D eigenvalue weighted by Gasteiger charge is 2.52. The average Bonchev–Trinajstić information content (AvgIpc) is 3.25. The van der Waals surface area contributed by atoms with Gasteiger partial charge in [0.05, 0.1) is 32.6 Å². The fourth-order valence-electron chi connectivity index (χ4n) is 5.50. The van der Waals surface area contributed by atoms with E-state index in [2.05, 4.69) is 43.7 Å². The molecule has 0 unspecified atom stereocenters. The maximum atomic E-state index is 12.7. The van der Waals surface area contributed by atoms with Crippen LogP contribution >= 0.6 is 0 Å². The highest BCUT2D eigenvalue weighted by atomic mass is 16.5. The third-order valence-electron chi connectivity index (χ3n) is 7.13. The third kappa shape index (κ3) is 3.92. The normalized spacial score (nSPS) is 22.4. The first kappa shape index (κ1) is 21.4. The second kappa shape index (κ2) is 8.00. The van der Waals surface area contributed by atoms with Crippen LogP contribution in [-0.2, 0) is 9.53 Å². The number of carboxylic acids is 1. The van der Waals surface area contributed by atoms with Crippen molar-refractivity contribution >= 4 is 12.1 Å². The second-order valence-electron chi connectivity index (χ2n) is 9.52. The summed E-state index contributed by atoms with van der Waals surface area (Å²) in [5, 5.41) is 12.6. The number of benzene rings is 2. The Kier molecular flexibility index (Phi) is 5.52. The molecule has 0 spiro atoms. The van der Waals surface area contributed by atoms with Crippen LogP contribution in [0, 0.1) is 5.41 Å². The number of carbonyl (C=O) groups is 2. The molecule has 1 amide bonds. The molecule has 1 fully saturated rings. The Hall–Kier alpha value is -2.86. The number of rotatable bonds is 6. The van der Waals surface area contributed by atoms with Gasteiger partial charge in [0.2, 0.25) is 0 Å². The minimum atomic E-state index is -1.00. The Morgan fingerprint density at radius 1 is 1.13 bits per heavy atom. The van der Waals surface area contributed by atoms with Gasteiger partial charge in [0, 0.05) is 12.3 Å². The molecule has 2 aliphatic rings. The number of carboxylic acid groups (broad SMARTS) is 1. The van der Waals surface area contributed by atoms with Crippen LogP contribution in [0.1, 0.15) is 36.8 Å². The molecular formula is C25H31N2O4+. The summed E-state index contributed by atoms with van der Waals surface area (Å²) < 4.78 is 6.36. The summed E-state index contributed by atoms with van der Waals surface area (Å²) in [6.07, 6.45) is 0.783. The van der Waals surface area contributed by atoms with Gasteiger partial charge in [-0.25, -0.2) is 9.59 Å². The lowest BCUT2D eigenvalue weighted by Crippen LogP contribution is -2.55. The van der Waals surface area contributed by atoms with Gasteiger partial charge in [-0.1, -0.05) is 55.5 Å². The zero-order chi connectivity index (χ0) is 22.2. The summed E-state index contributed by atoms with van der Waals surface area (Å²) in [5.41, 5.74) is 4.11. The Bertz CT molecular complexity index is 957. The van der Waals surface area contributed by atoms with Crippen molar-refractivity contribution in [3.63, 3.8) is 0 Å². The average molecular weight is 424 g/mol. The predicted octanol–water partition coefficient (Wildman–Crippen LogP) is 3.85. The van der Waals surface area contributed by atoms with Crippen molar-refractivity contribution in [3.8, 4) is 11.1 Å². The molecule has 0 saturated carbocycles. The van der Waals surface area contributed by atoms with Gasteiger partial charge >= 0.3 is 12.1 Å². The van der Waals surface area contributed by atoms with Gasteiger partial charge in [-0.2, -0.15) is 0 Å². The number of alkyl carbamates (subject to hydrolysis) is 1. The topological polar surface area (TPSA) is 75.6 Å². The van der Waals surface area contributed by atoms with Gasteiger partial charge in [0.1, 0.15) is 12.6 Å². The molecule has 1 heterocycles. The van der Waals surface area contributed by atoms with Crippen LogP contribution in [-0.4, -0.2) is 61.5 Å². The summed E-state index contributed by atoms with van der Waals surface area (Å²) in [5.74, 6) is -1.05. The number of carbonyl (C=O) groups excluding carboxylic acids is 1. The number of hydrogen-bond acceptors (Lipinski definition) is 3. The van der Waals surface area contributed by atoms with Crippen molar-refractivity contribution in [3.05, 3.63) is 59.7 Å². The number of nitrogens with zero attached hydrogens (tertiary/aromatic N) is 1. The molecule has 0 bridgehead atoms. The summed E-state index contributed by atoms with van der Waals surface area (Å²) in [7, 11) is 4.20. The van der Waals surface area contributed by atoms with E-state index in [9.17, 15) is 14.7 Å². The molecule has 6 nitrogen and oxygen atoms in total. The number of likely N-dealkylation sites (tertiary alicyclic amines) is 1. The summed E-state index contributed by atoms with van der Waals surface area (Å²) in [6, 6.07) is 15.3. The van der Waals surface area contributed by atoms with E-state index in [1.165, 1.54) is 0 Å². The fourth-order valence-corrected chi connectivity index (χ4v) is 5.50. The van der Waals surface area contributed by atoms with E-state index in [-0.39, 0.29) is 12.5 Å². The lowest BCUT2D eigenvalue weighted by atomic mass is 9.77. The Morgan fingerprint density at radius 3 is 2.19 bits per heavy atom. The smallest absolute Gasteiger partial charge is 0.407 e. The molecule has 4 rings (SSSR count). The van der Waals surface area contributed by atoms with E-state index < -0.39 is 23.5 Å². The maximum Gasteiger partial charge on any atom is 0.407 e. The number of nitrogens with one attached hydrogen (secondary N) is 1. The zero-order valence-corrected chi connectivity index (χ0v) is 18.4. The largest absolute Gasteiger partial charge is 0.480 e. The standard InChI is InChI=1S/C25H30N2O4/c1-4-25(13-14-27(2,3)16-25)22(23(28)29)26-24(30)31-15-21-19-11-7-5-9-17(19)18-10-6-8-12-20(18)21/h5-12,21-22H,4,13-16H2,1-3H3,(H-,26,28,29,30)/p+1/t22-,25+/m0/s1. The van der Waals surface area contributed by atoms with Crippen molar-refractivity contribution in [2.45, 2.75) is 31.7 Å². The lowest BCUT2D eigenvalue weighted by Gasteiger charge is -2.34. The zero-order valence-electron chi connectivity index (χ0n) is 18.4. The Balaban J connectivity index is 1.48. The summed E-state index contributed by atoms with van der Waals surface area (Å²) in [6.45, 7) is 3.78. The van der Waals surface area contributed by atoms with Crippen LogP contribution in [0.3, 0.4) is 0 Å². The van der Waals surface area contributed by atoms with Gasteiger partial charge in [0.25, 0.3) is 0 Å². The van der Waals surface area contributed by atoms with Crippen LogP contribution < -0.4 is 5.32 Å². The van der Waals surface area contributed by atoms with Crippen LogP contribution in [0.5, 0.6) is 0 Å². The third-order valence-corrected chi connectivity index (χ3v) is 7.13. The summed E-state index contributed by atoms with van der Waals surface area (Å²) in [4.78, 5) is 24.8. The number of quaternary nitrogens is 1. The number of hydrogen-bond donors (Lipinski definition) is 2. The molecular weight excluding hydrogens is 392 g/mol. The predicted molar refractivity (Wildman–Crippen MR) is 119 cm³/mol. The van der Waals surface area contributed by atoms with Gasteiger partial charge in [0.15, 0.2) is 0 Å². The van der Waals surface area contributed by atoms with Crippen LogP contribution in [0.4, 0.5) is 4.79 Å². The molecule has 0 aromatic heterocycles. The van der Waals surface area contributed by atoms with Gasteiger partial charge < -0.3 is 19.6 Å². The monoisotopic (exact) mass is 423 g/mol. The Labute approximate surface area is 183 Å².